The largest absolute Gasteiger partial charge is 0.356 e. The first-order chi connectivity index (χ1) is 12.4. The third-order valence-electron chi connectivity index (χ3n) is 4.37. The number of aliphatic imine (C=N–C) groups is 1. The second-order valence-corrected chi connectivity index (χ2v) is 8.34. The van der Waals surface area contributed by atoms with Crippen LogP contribution in [-0.4, -0.2) is 65.3 Å². The Morgan fingerprint density at radius 3 is 2.15 bits per heavy atom. The zero-order valence-corrected chi connectivity index (χ0v) is 20.1. The number of nitrogens with zero attached hydrogens (tertiary/aromatic N) is 2. The Bertz CT molecular complexity index is 644. The van der Waals surface area contributed by atoms with Crippen LogP contribution in [0, 0.1) is 0 Å². The Balaban J connectivity index is 0.00000676. The molecule has 0 fully saturated rings. The molecular formula is C19H35IN4O2S. The Morgan fingerprint density at radius 2 is 1.63 bits per heavy atom. The molecule has 2 N–H and O–H groups in total. The lowest BCUT2D eigenvalue weighted by Crippen LogP contribution is -2.39. The molecule has 0 heterocycles. The molecule has 1 aromatic rings. The van der Waals surface area contributed by atoms with Crippen LogP contribution in [-0.2, 0) is 16.3 Å². The Hall–Kier alpha value is -0.870. The van der Waals surface area contributed by atoms with Crippen molar-refractivity contribution >= 4 is 39.8 Å². The third kappa shape index (κ3) is 10.9. The van der Waals surface area contributed by atoms with E-state index in [-0.39, 0.29) is 24.0 Å². The quantitative estimate of drug-likeness (QED) is 0.207. The fourth-order valence-corrected chi connectivity index (χ4v) is 3.29. The van der Waals surface area contributed by atoms with E-state index in [1.54, 1.807) is 19.2 Å². The predicted molar refractivity (Wildman–Crippen MR) is 125 cm³/mol. The molecule has 27 heavy (non-hydrogen) atoms. The average Bonchev–Trinajstić information content (AvgIpc) is 2.63. The van der Waals surface area contributed by atoms with Gasteiger partial charge in [-0.05, 0) is 56.6 Å². The topological polar surface area (TPSA) is 73.8 Å². The molecule has 0 aromatic heterocycles. The van der Waals surface area contributed by atoms with E-state index in [1.165, 1.54) is 12.7 Å². The molecule has 0 radical (unpaired) electrons. The van der Waals surface area contributed by atoms with E-state index < -0.39 is 9.84 Å². The molecule has 0 aliphatic rings. The molecule has 0 bridgehead atoms. The van der Waals surface area contributed by atoms with Gasteiger partial charge in [0, 0.05) is 26.4 Å². The first-order valence-corrected chi connectivity index (χ1v) is 11.3. The van der Waals surface area contributed by atoms with Gasteiger partial charge in [-0.25, -0.2) is 8.42 Å². The van der Waals surface area contributed by atoms with Gasteiger partial charge in [0.2, 0.25) is 0 Å². The van der Waals surface area contributed by atoms with E-state index in [2.05, 4.69) is 34.4 Å². The summed E-state index contributed by atoms with van der Waals surface area (Å²) in [7, 11) is -1.36. The van der Waals surface area contributed by atoms with Crippen LogP contribution in [0.4, 0.5) is 0 Å². The van der Waals surface area contributed by atoms with Gasteiger partial charge in [0.15, 0.2) is 15.8 Å². The summed E-state index contributed by atoms with van der Waals surface area (Å²) < 4.78 is 22.9. The number of guanidine groups is 1. The van der Waals surface area contributed by atoms with Gasteiger partial charge in [0.25, 0.3) is 0 Å². The standard InChI is InChI=1S/C19H34N4O2S.HI/c1-5-23(6-2)16-8-7-14-21-19(20-3)22-15-13-17-9-11-18(12-10-17)26(4,24)25;/h9-12H,5-8,13-16H2,1-4H3,(H2,20,21,22);1H. The monoisotopic (exact) mass is 510 g/mol. The highest BCUT2D eigenvalue weighted by Crippen LogP contribution is 2.10. The van der Waals surface area contributed by atoms with E-state index in [0.29, 0.717) is 4.90 Å². The van der Waals surface area contributed by atoms with Gasteiger partial charge < -0.3 is 15.5 Å². The molecular weight excluding hydrogens is 475 g/mol. The highest BCUT2D eigenvalue weighted by Gasteiger charge is 2.06. The minimum Gasteiger partial charge on any atom is -0.356 e. The Kier molecular flexibility index (Phi) is 13.7. The van der Waals surface area contributed by atoms with Crippen LogP contribution in [0.5, 0.6) is 0 Å². The zero-order chi connectivity index (χ0) is 19.4. The number of rotatable bonds is 11. The van der Waals surface area contributed by atoms with Crippen molar-refractivity contribution in [2.45, 2.75) is 38.0 Å². The molecule has 0 aliphatic carbocycles. The van der Waals surface area contributed by atoms with Crippen molar-refractivity contribution in [3.05, 3.63) is 29.8 Å². The van der Waals surface area contributed by atoms with Crippen LogP contribution < -0.4 is 10.6 Å². The normalized spacial score (nSPS) is 12.0. The summed E-state index contributed by atoms with van der Waals surface area (Å²) in [5, 5.41) is 6.63. The maximum absolute atomic E-state index is 11.5. The molecule has 0 saturated carbocycles. The fourth-order valence-electron chi connectivity index (χ4n) is 2.66. The number of unbranched alkanes of at least 4 members (excludes halogenated alkanes) is 1. The second kappa shape index (κ2) is 14.2. The van der Waals surface area contributed by atoms with Crippen LogP contribution in [0.2, 0.25) is 0 Å². The lowest BCUT2D eigenvalue weighted by Gasteiger charge is -2.18. The number of hydrogen-bond acceptors (Lipinski definition) is 4. The number of halogens is 1. The van der Waals surface area contributed by atoms with E-state index in [9.17, 15) is 8.42 Å². The van der Waals surface area contributed by atoms with Gasteiger partial charge in [-0.15, -0.1) is 24.0 Å². The molecule has 0 unspecified atom stereocenters. The highest BCUT2D eigenvalue weighted by molar-refractivity contribution is 14.0. The highest BCUT2D eigenvalue weighted by atomic mass is 127. The molecule has 0 amide bonds. The van der Waals surface area contributed by atoms with Crippen molar-refractivity contribution in [1.29, 1.82) is 0 Å². The van der Waals surface area contributed by atoms with Gasteiger partial charge in [0.1, 0.15) is 0 Å². The molecule has 0 atom stereocenters. The first-order valence-electron chi connectivity index (χ1n) is 9.36. The maximum atomic E-state index is 11.5. The van der Waals surface area contributed by atoms with E-state index in [1.807, 2.05) is 12.1 Å². The first kappa shape index (κ1) is 26.1. The van der Waals surface area contributed by atoms with Gasteiger partial charge in [-0.3, -0.25) is 4.99 Å². The van der Waals surface area contributed by atoms with Gasteiger partial charge in [-0.2, -0.15) is 0 Å². The summed E-state index contributed by atoms with van der Waals surface area (Å²) in [6.07, 6.45) is 4.33. The summed E-state index contributed by atoms with van der Waals surface area (Å²) in [5.74, 6) is 0.806. The van der Waals surface area contributed by atoms with Crippen LogP contribution in [0.1, 0.15) is 32.3 Å². The average molecular weight is 510 g/mol. The SMILES string of the molecule is CCN(CC)CCCCNC(=NC)NCCc1ccc(S(C)(=O)=O)cc1.I. The van der Waals surface area contributed by atoms with Crippen molar-refractivity contribution in [2.24, 2.45) is 4.99 Å². The number of benzene rings is 1. The molecule has 1 aromatic carbocycles. The smallest absolute Gasteiger partial charge is 0.190 e. The van der Waals surface area contributed by atoms with Gasteiger partial charge in [0.05, 0.1) is 4.90 Å². The van der Waals surface area contributed by atoms with Crippen molar-refractivity contribution in [3.8, 4) is 0 Å². The van der Waals surface area contributed by atoms with Crippen LogP contribution in [0.3, 0.4) is 0 Å². The van der Waals surface area contributed by atoms with E-state index in [4.69, 9.17) is 0 Å². The van der Waals surface area contributed by atoms with Gasteiger partial charge in [-0.1, -0.05) is 26.0 Å². The number of hydrogen-bond donors (Lipinski definition) is 2. The van der Waals surface area contributed by atoms with E-state index in [0.717, 1.165) is 57.1 Å². The number of nitrogens with one attached hydrogen (secondary N) is 2. The van der Waals surface area contributed by atoms with Crippen LogP contribution >= 0.6 is 24.0 Å². The molecule has 156 valence electrons. The third-order valence-corrected chi connectivity index (χ3v) is 5.50. The van der Waals surface area contributed by atoms with E-state index >= 15 is 0 Å². The Labute approximate surface area is 182 Å². The summed E-state index contributed by atoms with van der Waals surface area (Å²) in [5.41, 5.74) is 1.10. The summed E-state index contributed by atoms with van der Waals surface area (Å²) in [6, 6.07) is 7.05. The maximum Gasteiger partial charge on any atom is 0.190 e. The minimum atomic E-state index is -3.13. The summed E-state index contributed by atoms with van der Waals surface area (Å²) in [4.78, 5) is 7.03. The predicted octanol–water partition coefficient (Wildman–Crippen LogP) is 2.54. The van der Waals surface area contributed by atoms with Gasteiger partial charge >= 0.3 is 0 Å². The molecule has 0 aliphatic heterocycles. The van der Waals surface area contributed by atoms with Crippen molar-refractivity contribution in [3.63, 3.8) is 0 Å². The minimum absolute atomic E-state index is 0. The fraction of sp³-hybridized carbons (Fsp3) is 0.632. The lowest BCUT2D eigenvalue weighted by molar-refractivity contribution is 0.297. The summed E-state index contributed by atoms with van der Waals surface area (Å²) in [6.45, 7) is 9.41. The molecule has 0 saturated heterocycles. The molecule has 1 rings (SSSR count). The zero-order valence-electron chi connectivity index (χ0n) is 17.0. The molecule has 6 nitrogen and oxygen atoms in total. The van der Waals surface area contributed by atoms with Crippen molar-refractivity contribution in [2.75, 3.05) is 46.0 Å². The number of sulfone groups is 1. The lowest BCUT2D eigenvalue weighted by atomic mass is 10.1. The van der Waals surface area contributed by atoms with Crippen LogP contribution in [0.25, 0.3) is 0 Å². The van der Waals surface area contributed by atoms with Crippen molar-refractivity contribution < 1.29 is 8.42 Å². The Morgan fingerprint density at radius 1 is 1.04 bits per heavy atom. The molecule has 8 heteroatoms. The molecule has 0 spiro atoms. The summed E-state index contributed by atoms with van der Waals surface area (Å²) >= 11 is 0. The second-order valence-electron chi connectivity index (χ2n) is 6.33. The van der Waals surface area contributed by atoms with Crippen molar-refractivity contribution in [1.82, 2.24) is 15.5 Å². The van der Waals surface area contributed by atoms with Crippen LogP contribution in [0.15, 0.2) is 34.2 Å².